The molecule has 1 aromatic heterocycles. The van der Waals surface area contributed by atoms with Gasteiger partial charge in [-0.25, -0.2) is 4.98 Å². The van der Waals surface area contributed by atoms with Crippen LogP contribution in [0.25, 0.3) is 11.1 Å². The molecule has 2 aromatic carbocycles. The van der Waals surface area contributed by atoms with E-state index in [0.717, 1.165) is 6.07 Å². The summed E-state index contributed by atoms with van der Waals surface area (Å²) in [5.74, 6) is -1.48. The van der Waals surface area contributed by atoms with Crippen LogP contribution < -0.4 is 10.6 Å². The molecule has 1 aliphatic rings. The fraction of sp³-hybridized carbons (Fsp3) is 0.273. The largest absolute Gasteiger partial charge is 0.440 e. The quantitative estimate of drug-likeness (QED) is 0.559. The van der Waals surface area contributed by atoms with Gasteiger partial charge in [0.25, 0.3) is 5.91 Å². The van der Waals surface area contributed by atoms with Crippen molar-refractivity contribution in [3.05, 3.63) is 64.5 Å². The molecule has 0 saturated heterocycles. The van der Waals surface area contributed by atoms with Crippen LogP contribution in [0.3, 0.4) is 0 Å². The zero-order valence-electron chi connectivity index (χ0n) is 16.9. The molecule has 1 saturated carbocycles. The fourth-order valence-corrected chi connectivity index (χ4v) is 3.46. The Morgan fingerprint density at radius 3 is 2.61 bits per heavy atom. The summed E-state index contributed by atoms with van der Waals surface area (Å²) in [5, 5.41) is 14.7. The highest BCUT2D eigenvalue weighted by Crippen LogP contribution is 2.36. The van der Waals surface area contributed by atoms with Crippen molar-refractivity contribution in [2.75, 3.05) is 0 Å². The molecule has 2 amide bonds. The number of halogens is 4. The predicted molar refractivity (Wildman–Crippen MR) is 111 cm³/mol. The lowest BCUT2D eigenvalue weighted by molar-refractivity contribution is -0.136. The molecule has 0 unspecified atom stereocenters. The van der Waals surface area contributed by atoms with Crippen molar-refractivity contribution < 1.29 is 27.2 Å². The van der Waals surface area contributed by atoms with E-state index in [1.54, 1.807) is 12.1 Å². The molecule has 0 aliphatic heterocycles. The molecule has 2 N–H and O–H groups in total. The zero-order valence-corrected chi connectivity index (χ0v) is 17.6. The molecule has 1 heterocycles. The van der Waals surface area contributed by atoms with Gasteiger partial charge in [-0.1, -0.05) is 23.7 Å². The molecule has 0 radical (unpaired) electrons. The number of nitrogens with one attached hydrogen (secondary N) is 2. The third-order valence-electron chi connectivity index (χ3n) is 5.18. The Morgan fingerprint density at radius 1 is 1.24 bits per heavy atom. The summed E-state index contributed by atoms with van der Waals surface area (Å²) in [5.41, 5.74) is -2.32. The number of fused-ring (bicyclic) bond motifs is 1. The molecule has 3 aromatic rings. The lowest BCUT2D eigenvalue weighted by Crippen LogP contribution is -2.51. The van der Waals surface area contributed by atoms with Crippen molar-refractivity contribution in [3.63, 3.8) is 0 Å². The summed E-state index contributed by atoms with van der Waals surface area (Å²) in [6.45, 7) is 0. The molecule has 7 nitrogen and oxygen atoms in total. The third-order valence-corrected chi connectivity index (χ3v) is 5.41. The highest BCUT2D eigenvalue weighted by molar-refractivity contribution is 6.31. The van der Waals surface area contributed by atoms with Crippen LogP contribution in [-0.2, 0) is 17.4 Å². The Labute approximate surface area is 190 Å². The molecular weight excluding hydrogens is 461 g/mol. The van der Waals surface area contributed by atoms with Crippen LogP contribution in [-0.4, -0.2) is 28.4 Å². The summed E-state index contributed by atoms with van der Waals surface area (Å²) in [6.07, 6.45) is -4.06. The van der Waals surface area contributed by atoms with E-state index in [1.165, 1.54) is 24.3 Å². The number of alkyl halides is 3. The fourth-order valence-electron chi connectivity index (χ4n) is 3.27. The Hall–Kier alpha value is -3.58. The first-order chi connectivity index (χ1) is 15.6. The summed E-state index contributed by atoms with van der Waals surface area (Å²) in [4.78, 5) is 29.6. The van der Waals surface area contributed by atoms with Gasteiger partial charge in [0.2, 0.25) is 5.91 Å². The van der Waals surface area contributed by atoms with Crippen LogP contribution in [0.1, 0.15) is 34.7 Å². The topological polar surface area (TPSA) is 108 Å². The van der Waals surface area contributed by atoms with Gasteiger partial charge < -0.3 is 15.1 Å². The van der Waals surface area contributed by atoms with E-state index in [-0.39, 0.29) is 23.4 Å². The standard InChI is InChI=1S/C22H16ClF3N4O3/c23-13-4-1-3-12(9-13)19(31)29-16(20(32)30-21(11-27)7-8-21)10-17-28-15-6-2-5-14(18(15)33-17)22(24,25)26/h1-6,9,16H,7-8,10H2,(H,29,31)(H,30,32)/t16-/m0/s1. The molecule has 1 atom stereocenters. The third kappa shape index (κ3) is 4.93. The maximum absolute atomic E-state index is 13.3. The van der Waals surface area contributed by atoms with Crippen LogP contribution in [0, 0.1) is 11.3 Å². The van der Waals surface area contributed by atoms with Gasteiger partial charge in [0, 0.05) is 10.6 Å². The molecule has 4 rings (SSSR count). The van der Waals surface area contributed by atoms with Crippen LogP contribution in [0.2, 0.25) is 5.02 Å². The maximum Gasteiger partial charge on any atom is 0.420 e. The highest BCUT2D eigenvalue weighted by Gasteiger charge is 2.46. The summed E-state index contributed by atoms with van der Waals surface area (Å²) >= 11 is 5.92. The lowest BCUT2D eigenvalue weighted by Gasteiger charge is -2.19. The number of aromatic nitrogens is 1. The van der Waals surface area contributed by atoms with E-state index in [9.17, 15) is 28.0 Å². The Morgan fingerprint density at radius 2 is 1.97 bits per heavy atom. The van der Waals surface area contributed by atoms with Crippen molar-refractivity contribution in [2.45, 2.75) is 37.0 Å². The molecule has 1 aliphatic carbocycles. The highest BCUT2D eigenvalue weighted by atomic mass is 35.5. The number of carbonyl (C=O) groups is 2. The lowest BCUT2D eigenvalue weighted by atomic mass is 10.1. The molecule has 0 bridgehead atoms. The Balaban J connectivity index is 1.62. The second-order valence-electron chi connectivity index (χ2n) is 7.68. The van der Waals surface area contributed by atoms with E-state index < -0.39 is 40.7 Å². The number of carbonyl (C=O) groups excluding carboxylic acids is 2. The SMILES string of the molecule is N#CC1(NC(=O)[C@H](Cc2nc3cccc(C(F)(F)F)c3o2)NC(=O)c2cccc(Cl)c2)CC1. The van der Waals surface area contributed by atoms with Gasteiger partial charge in [-0.3, -0.25) is 9.59 Å². The number of rotatable bonds is 6. The van der Waals surface area contributed by atoms with Crippen molar-refractivity contribution in [1.82, 2.24) is 15.6 Å². The molecule has 170 valence electrons. The second-order valence-corrected chi connectivity index (χ2v) is 8.12. The zero-order chi connectivity index (χ0) is 23.8. The van der Waals surface area contributed by atoms with E-state index in [2.05, 4.69) is 15.6 Å². The van der Waals surface area contributed by atoms with Crippen LogP contribution in [0.15, 0.2) is 46.9 Å². The monoisotopic (exact) mass is 476 g/mol. The average Bonchev–Trinajstić information content (AvgIpc) is 3.41. The molecule has 0 spiro atoms. The molecule has 1 fully saturated rings. The van der Waals surface area contributed by atoms with Crippen LogP contribution in [0.4, 0.5) is 13.2 Å². The van der Waals surface area contributed by atoms with E-state index >= 15 is 0 Å². The average molecular weight is 477 g/mol. The minimum Gasteiger partial charge on any atom is -0.440 e. The number of oxazole rings is 1. The van der Waals surface area contributed by atoms with Gasteiger partial charge in [0.05, 0.1) is 12.5 Å². The normalized spacial score (nSPS) is 15.5. The molecule has 11 heteroatoms. The number of nitrogens with zero attached hydrogens (tertiary/aromatic N) is 2. The van der Waals surface area contributed by atoms with E-state index in [1.807, 2.05) is 6.07 Å². The Kier molecular flexibility index (Phi) is 5.76. The second kappa shape index (κ2) is 8.41. The minimum atomic E-state index is -4.65. The van der Waals surface area contributed by atoms with Crippen LogP contribution >= 0.6 is 11.6 Å². The number of amides is 2. The minimum absolute atomic E-state index is 0.0316. The number of benzene rings is 2. The number of hydrogen-bond donors (Lipinski definition) is 2. The van der Waals surface area contributed by atoms with Crippen molar-refractivity contribution in [2.24, 2.45) is 0 Å². The van der Waals surface area contributed by atoms with Crippen molar-refractivity contribution in [3.8, 4) is 6.07 Å². The van der Waals surface area contributed by atoms with Gasteiger partial charge in [-0.15, -0.1) is 0 Å². The van der Waals surface area contributed by atoms with Crippen LogP contribution in [0.5, 0.6) is 0 Å². The van der Waals surface area contributed by atoms with Gasteiger partial charge in [0.1, 0.15) is 22.7 Å². The van der Waals surface area contributed by atoms with Crippen molar-refractivity contribution in [1.29, 1.82) is 5.26 Å². The summed E-state index contributed by atoms with van der Waals surface area (Å²) in [7, 11) is 0. The van der Waals surface area contributed by atoms with Gasteiger partial charge >= 0.3 is 6.18 Å². The Bertz CT molecular complexity index is 1280. The van der Waals surface area contributed by atoms with Gasteiger partial charge in [-0.2, -0.15) is 18.4 Å². The molecule has 33 heavy (non-hydrogen) atoms. The van der Waals surface area contributed by atoms with Gasteiger partial charge in [0.15, 0.2) is 11.5 Å². The number of hydrogen-bond acceptors (Lipinski definition) is 5. The maximum atomic E-state index is 13.3. The van der Waals surface area contributed by atoms with Gasteiger partial charge in [-0.05, 0) is 43.2 Å². The van der Waals surface area contributed by atoms with E-state index in [0.29, 0.717) is 17.9 Å². The predicted octanol–water partition coefficient (Wildman–Crippen LogP) is 4.01. The summed E-state index contributed by atoms with van der Waals surface area (Å²) in [6, 6.07) is 10.2. The van der Waals surface area contributed by atoms with Crippen molar-refractivity contribution >= 4 is 34.5 Å². The first-order valence-corrected chi connectivity index (χ1v) is 10.2. The number of para-hydroxylation sites is 1. The first kappa shape index (κ1) is 22.6. The van der Waals surface area contributed by atoms with E-state index in [4.69, 9.17) is 16.0 Å². The first-order valence-electron chi connectivity index (χ1n) is 9.85. The molecular formula is C22H16ClF3N4O3. The summed E-state index contributed by atoms with van der Waals surface area (Å²) < 4.78 is 45.2. The smallest absolute Gasteiger partial charge is 0.420 e. The number of nitriles is 1.